The fourth-order valence-electron chi connectivity index (χ4n) is 5.80. The molecule has 1 fully saturated rings. The summed E-state index contributed by atoms with van der Waals surface area (Å²) in [5, 5.41) is 2.31. The van der Waals surface area contributed by atoms with E-state index in [9.17, 15) is 4.79 Å². The zero-order valence-corrected chi connectivity index (χ0v) is 22.0. The molecule has 0 spiro atoms. The van der Waals surface area contributed by atoms with E-state index in [2.05, 4.69) is 103 Å². The lowest BCUT2D eigenvalue weighted by molar-refractivity contribution is -0.141. The fourth-order valence-corrected chi connectivity index (χ4v) is 5.80. The predicted octanol–water partition coefficient (Wildman–Crippen LogP) is 5.73. The van der Waals surface area contributed by atoms with Crippen molar-refractivity contribution < 1.29 is 14.3 Å². The lowest BCUT2D eigenvalue weighted by Crippen LogP contribution is -2.44. The van der Waals surface area contributed by atoms with E-state index in [4.69, 9.17) is 9.47 Å². The molecule has 0 radical (unpaired) electrons. The summed E-state index contributed by atoms with van der Waals surface area (Å²) in [6, 6.07) is 27.9. The molecule has 1 heterocycles. The molecule has 1 saturated heterocycles. The first kappa shape index (κ1) is 25.9. The van der Waals surface area contributed by atoms with E-state index in [1.165, 1.54) is 23.8 Å². The number of carbonyl (C=O) groups excluding carboxylic acids is 1. The van der Waals surface area contributed by atoms with Crippen molar-refractivity contribution in [2.75, 3.05) is 27.8 Å². The van der Waals surface area contributed by atoms with Crippen molar-refractivity contribution in [3.63, 3.8) is 0 Å². The van der Waals surface area contributed by atoms with Crippen LogP contribution in [0.1, 0.15) is 60.3 Å². The zero-order valence-electron chi connectivity index (χ0n) is 22.0. The van der Waals surface area contributed by atoms with Crippen LogP contribution in [0, 0.1) is 5.92 Å². The minimum absolute atomic E-state index is 0.0376. The van der Waals surface area contributed by atoms with Gasteiger partial charge in [-0.15, -0.1) is 0 Å². The average Bonchev–Trinajstić information content (AvgIpc) is 3.26. The van der Waals surface area contributed by atoms with Gasteiger partial charge in [0.1, 0.15) is 5.75 Å². The topological polar surface area (TPSA) is 50.8 Å². The molecule has 3 aromatic carbocycles. The van der Waals surface area contributed by atoms with E-state index in [1.807, 2.05) is 7.05 Å². The van der Waals surface area contributed by atoms with Gasteiger partial charge in [0, 0.05) is 24.4 Å². The summed E-state index contributed by atoms with van der Waals surface area (Å²) in [5.74, 6) is 1.24. The third-order valence-electron chi connectivity index (χ3n) is 7.55. The molecule has 5 heteroatoms. The van der Waals surface area contributed by atoms with Crippen LogP contribution >= 0.6 is 0 Å². The first-order valence-electron chi connectivity index (χ1n) is 12.8. The molecular formula is C31H38N2O3. The lowest BCUT2D eigenvalue weighted by atomic mass is 9.73. The molecule has 3 unspecified atom stereocenters. The maximum Gasteiger partial charge on any atom is 0.305 e. The number of carbonyl (C=O) groups is 1. The second kappa shape index (κ2) is 11.7. The third kappa shape index (κ3) is 5.32. The molecule has 0 bridgehead atoms. The highest BCUT2D eigenvalue weighted by Crippen LogP contribution is 2.49. The van der Waals surface area contributed by atoms with Crippen LogP contribution in [0.5, 0.6) is 5.75 Å². The number of nitrogens with one attached hydrogen (secondary N) is 1. The first-order chi connectivity index (χ1) is 17.5. The monoisotopic (exact) mass is 486 g/mol. The smallest absolute Gasteiger partial charge is 0.305 e. The van der Waals surface area contributed by atoms with Crippen LogP contribution in [-0.2, 0) is 9.53 Å². The van der Waals surface area contributed by atoms with Gasteiger partial charge in [0.2, 0.25) is 0 Å². The van der Waals surface area contributed by atoms with Gasteiger partial charge in [-0.2, -0.15) is 0 Å². The SMILES string of the molecule is CNN1CC(CC(=O)OC)C(c2cc(C(C)C)ccc2OC)C1C(c1ccccc1)c1ccccc1. The Labute approximate surface area is 215 Å². The summed E-state index contributed by atoms with van der Waals surface area (Å²) in [6.07, 6.45) is 0.348. The molecular weight excluding hydrogens is 448 g/mol. The largest absolute Gasteiger partial charge is 0.496 e. The summed E-state index contributed by atoms with van der Waals surface area (Å²) >= 11 is 0. The second-order valence-corrected chi connectivity index (χ2v) is 9.89. The minimum atomic E-state index is -0.184. The number of benzene rings is 3. The van der Waals surface area contributed by atoms with E-state index in [0.29, 0.717) is 12.3 Å². The van der Waals surface area contributed by atoms with Crippen molar-refractivity contribution in [2.45, 2.75) is 44.1 Å². The fraction of sp³-hybridized carbons (Fsp3) is 0.387. The normalized spacial score (nSPS) is 20.1. The van der Waals surface area contributed by atoms with E-state index in [0.717, 1.165) is 17.9 Å². The number of hydrogen-bond donors (Lipinski definition) is 1. The molecule has 1 aliphatic rings. The van der Waals surface area contributed by atoms with Crippen LogP contribution in [0.4, 0.5) is 0 Å². The molecule has 3 atom stereocenters. The highest BCUT2D eigenvalue weighted by molar-refractivity contribution is 5.70. The molecule has 3 aromatic rings. The van der Waals surface area contributed by atoms with Gasteiger partial charge >= 0.3 is 5.97 Å². The van der Waals surface area contributed by atoms with Crippen LogP contribution in [0.25, 0.3) is 0 Å². The van der Waals surface area contributed by atoms with E-state index in [-0.39, 0.29) is 29.8 Å². The molecule has 0 saturated carbocycles. The Morgan fingerprint density at radius 2 is 1.56 bits per heavy atom. The Morgan fingerprint density at radius 3 is 2.06 bits per heavy atom. The summed E-state index contributed by atoms with van der Waals surface area (Å²) < 4.78 is 11.1. The number of ether oxygens (including phenoxy) is 2. The second-order valence-electron chi connectivity index (χ2n) is 9.89. The molecule has 5 nitrogen and oxygen atoms in total. The molecule has 190 valence electrons. The van der Waals surface area contributed by atoms with Gasteiger partial charge in [0.25, 0.3) is 0 Å². The highest BCUT2D eigenvalue weighted by Gasteiger charge is 2.48. The van der Waals surface area contributed by atoms with Crippen molar-refractivity contribution in [1.29, 1.82) is 0 Å². The van der Waals surface area contributed by atoms with E-state index < -0.39 is 0 Å². The molecule has 0 aliphatic carbocycles. The predicted molar refractivity (Wildman–Crippen MR) is 144 cm³/mol. The molecule has 36 heavy (non-hydrogen) atoms. The Morgan fingerprint density at radius 1 is 0.944 bits per heavy atom. The van der Waals surface area contributed by atoms with Crippen molar-refractivity contribution in [3.8, 4) is 5.75 Å². The number of hydrogen-bond acceptors (Lipinski definition) is 5. The molecule has 1 aliphatic heterocycles. The molecule has 1 N–H and O–H groups in total. The van der Waals surface area contributed by atoms with Crippen molar-refractivity contribution >= 4 is 5.97 Å². The standard InChI is InChI=1S/C31H38N2O3/c1-21(2)24-16-17-27(35-4)26(18-24)30-25(19-28(34)36-5)20-33(32-3)31(30)29(22-12-8-6-9-13-22)23-14-10-7-11-15-23/h6-18,21,25,29-32H,19-20H2,1-5H3. The van der Waals surface area contributed by atoms with Gasteiger partial charge in [-0.05, 0) is 47.2 Å². The van der Waals surface area contributed by atoms with Gasteiger partial charge in [0.05, 0.1) is 20.6 Å². The Bertz CT molecular complexity index is 1090. The average molecular weight is 487 g/mol. The zero-order chi connectivity index (χ0) is 25.7. The third-order valence-corrected chi connectivity index (χ3v) is 7.55. The van der Waals surface area contributed by atoms with Crippen LogP contribution in [0.15, 0.2) is 78.9 Å². The van der Waals surface area contributed by atoms with E-state index in [1.54, 1.807) is 7.11 Å². The maximum absolute atomic E-state index is 12.6. The van der Waals surface area contributed by atoms with Gasteiger partial charge in [-0.3, -0.25) is 10.2 Å². The van der Waals surface area contributed by atoms with Gasteiger partial charge < -0.3 is 9.47 Å². The number of nitrogens with zero attached hydrogens (tertiary/aromatic N) is 1. The number of hydrazine groups is 1. The molecule has 4 rings (SSSR count). The molecule has 0 amide bonds. The van der Waals surface area contributed by atoms with Gasteiger partial charge in [-0.25, -0.2) is 5.01 Å². The van der Waals surface area contributed by atoms with Crippen LogP contribution in [0.2, 0.25) is 0 Å². The summed E-state index contributed by atoms with van der Waals surface area (Å²) in [5.41, 5.74) is 8.38. The first-order valence-corrected chi connectivity index (χ1v) is 12.8. The van der Waals surface area contributed by atoms with Crippen LogP contribution in [0.3, 0.4) is 0 Å². The Balaban J connectivity index is 1.94. The van der Waals surface area contributed by atoms with E-state index >= 15 is 0 Å². The maximum atomic E-state index is 12.6. The summed E-state index contributed by atoms with van der Waals surface area (Å²) in [7, 11) is 5.17. The van der Waals surface area contributed by atoms with Gasteiger partial charge in [0.15, 0.2) is 0 Å². The minimum Gasteiger partial charge on any atom is -0.496 e. The van der Waals surface area contributed by atoms with Crippen LogP contribution < -0.4 is 10.2 Å². The highest BCUT2D eigenvalue weighted by atomic mass is 16.5. The Hall–Kier alpha value is -3.15. The van der Waals surface area contributed by atoms with Gasteiger partial charge in [-0.1, -0.05) is 86.6 Å². The summed E-state index contributed by atoms with van der Waals surface area (Å²) in [6.45, 7) is 5.15. The van der Waals surface area contributed by atoms with Crippen molar-refractivity contribution in [3.05, 3.63) is 101 Å². The molecule has 0 aromatic heterocycles. The van der Waals surface area contributed by atoms with Crippen LogP contribution in [-0.4, -0.2) is 44.8 Å². The lowest BCUT2D eigenvalue weighted by Gasteiger charge is -2.36. The van der Waals surface area contributed by atoms with Crippen molar-refractivity contribution in [1.82, 2.24) is 10.4 Å². The number of methoxy groups -OCH3 is 2. The number of rotatable bonds is 9. The quantitative estimate of drug-likeness (QED) is 0.391. The summed E-state index contributed by atoms with van der Waals surface area (Å²) in [4.78, 5) is 12.6. The van der Waals surface area contributed by atoms with Crippen molar-refractivity contribution in [2.24, 2.45) is 5.92 Å². The Kier molecular flexibility index (Phi) is 8.44. The number of esters is 1.